The molecule has 3 nitrogen and oxygen atoms in total. The number of benzene rings is 1. The molecule has 0 saturated heterocycles. The summed E-state index contributed by atoms with van der Waals surface area (Å²) >= 11 is 0. The minimum atomic E-state index is -4.46. The lowest BCUT2D eigenvalue weighted by Gasteiger charge is -2.16. The van der Waals surface area contributed by atoms with Gasteiger partial charge in [-0.15, -0.1) is 0 Å². The maximum atomic E-state index is 12.8. The van der Waals surface area contributed by atoms with Gasteiger partial charge < -0.3 is 9.84 Å². The summed E-state index contributed by atoms with van der Waals surface area (Å²) < 4.78 is 43.8. The Balaban J connectivity index is 2.15. The van der Waals surface area contributed by atoms with Gasteiger partial charge in [0, 0.05) is 5.56 Å². The molecule has 0 aliphatic carbocycles. The van der Waals surface area contributed by atoms with Crippen LogP contribution in [0.2, 0.25) is 0 Å². The summed E-state index contributed by atoms with van der Waals surface area (Å²) in [6.07, 6.45) is -5.01. The van der Waals surface area contributed by atoms with Crippen LogP contribution in [0.25, 0.3) is 0 Å². The predicted molar refractivity (Wildman–Crippen MR) is 53.7 cm³/mol. The molecule has 2 bridgehead atoms. The number of rotatable bonds is 1. The maximum Gasteiger partial charge on any atom is 0.416 e. The van der Waals surface area contributed by atoms with Crippen LogP contribution in [0, 0.1) is 0 Å². The largest absolute Gasteiger partial charge is 0.478 e. The Morgan fingerprint density at radius 3 is 2.67 bits per heavy atom. The van der Waals surface area contributed by atoms with E-state index in [1.165, 1.54) is 18.2 Å². The van der Waals surface area contributed by atoms with Gasteiger partial charge in [-0.2, -0.15) is 13.2 Å². The zero-order chi connectivity index (χ0) is 13.1. The Morgan fingerprint density at radius 2 is 2.06 bits per heavy atom. The van der Waals surface area contributed by atoms with Gasteiger partial charge >= 0.3 is 12.1 Å². The number of fused-ring (bicyclic) bond motifs is 5. The molecule has 0 fully saturated rings. The summed E-state index contributed by atoms with van der Waals surface area (Å²) in [5.41, 5.74) is -0.408. The smallest absolute Gasteiger partial charge is 0.416 e. The SMILES string of the molecule is O=C(O)C1=C[C@@H]2O[C@@H]1c1cccc(C(F)(F)F)c12. The minimum Gasteiger partial charge on any atom is -0.478 e. The molecule has 1 aromatic rings. The molecule has 1 aromatic carbocycles. The Hall–Kier alpha value is -1.82. The van der Waals surface area contributed by atoms with Crippen molar-refractivity contribution in [2.45, 2.75) is 18.4 Å². The number of carboxylic acids is 1. The lowest BCUT2D eigenvalue weighted by atomic mass is 9.88. The number of carbonyl (C=O) groups is 1. The highest BCUT2D eigenvalue weighted by molar-refractivity contribution is 5.90. The lowest BCUT2D eigenvalue weighted by molar-refractivity contribution is -0.139. The highest BCUT2D eigenvalue weighted by Crippen LogP contribution is 2.53. The standard InChI is InChI=1S/C12H7F3O3/c13-12(14,15)7-3-1-2-5-9(7)8-4-6(11(16)17)10(5)18-8/h1-4,8,10H,(H,16,17)/t8-,10+/m0/s1. The van der Waals surface area contributed by atoms with Crippen LogP contribution >= 0.6 is 0 Å². The average Bonchev–Trinajstić information content (AvgIpc) is 2.85. The van der Waals surface area contributed by atoms with E-state index < -0.39 is 29.9 Å². The first-order valence-electron chi connectivity index (χ1n) is 5.20. The van der Waals surface area contributed by atoms with Crippen LogP contribution < -0.4 is 0 Å². The summed E-state index contributed by atoms with van der Waals surface area (Å²) in [4.78, 5) is 10.9. The lowest BCUT2D eigenvalue weighted by Crippen LogP contribution is -2.14. The summed E-state index contributed by atoms with van der Waals surface area (Å²) in [6, 6.07) is 3.73. The van der Waals surface area contributed by atoms with E-state index in [-0.39, 0.29) is 11.1 Å². The average molecular weight is 256 g/mol. The summed E-state index contributed by atoms with van der Waals surface area (Å²) in [5, 5.41) is 8.92. The molecule has 0 spiro atoms. The second-order valence-electron chi connectivity index (χ2n) is 4.17. The van der Waals surface area contributed by atoms with Crippen molar-refractivity contribution < 1.29 is 27.8 Å². The van der Waals surface area contributed by atoms with Crippen LogP contribution in [0.15, 0.2) is 29.8 Å². The van der Waals surface area contributed by atoms with E-state index in [4.69, 9.17) is 9.84 Å². The van der Waals surface area contributed by atoms with Crippen LogP contribution in [-0.2, 0) is 15.7 Å². The van der Waals surface area contributed by atoms with E-state index in [1.807, 2.05) is 0 Å². The van der Waals surface area contributed by atoms with Crippen molar-refractivity contribution >= 4 is 5.97 Å². The predicted octanol–water partition coefficient (Wildman–Crippen LogP) is 2.84. The van der Waals surface area contributed by atoms with Crippen molar-refractivity contribution in [1.29, 1.82) is 0 Å². The normalized spacial score (nSPS) is 24.9. The number of hydrogen-bond acceptors (Lipinski definition) is 2. The van der Waals surface area contributed by atoms with E-state index in [9.17, 15) is 18.0 Å². The van der Waals surface area contributed by atoms with Crippen molar-refractivity contribution in [1.82, 2.24) is 0 Å². The molecular weight excluding hydrogens is 249 g/mol. The number of halogens is 3. The zero-order valence-electron chi connectivity index (χ0n) is 8.86. The molecule has 1 N–H and O–H groups in total. The third-order valence-corrected chi connectivity index (χ3v) is 3.16. The molecule has 0 saturated carbocycles. The van der Waals surface area contributed by atoms with Gasteiger partial charge in [-0.25, -0.2) is 4.79 Å². The number of hydrogen-bond donors (Lipinski definition) is 1. The van der Waals surface area contributed by atoms with Crippen LogP contribution in [0.4, 0.5) is 13.2 Å². The first-order chi connectivity index (χ1) is 8.39. The molecule has 2 aliphatic rings. The Bertz CT molecular complexity index is 574. The number of aliphatic carboxylic acids is 1. The highest BCUT2D eigenvalue weighted by Gasteiger charge is 2.47. The topological polar surface area (TPSA) is 46.5 Å². The molecule has 0 amide bonds. The molecular formula is C12H7F3O3. The molecule has 94 valence electrons. The maximum absolute atomic E-state index is 12.8. The third kappa shape index (κ3) is 1.38. The van der Waals surface area contributed by atoms with E-state index in [0.29, 0.717) is 5.56 Å². The monoisotopic (exact) mass is 256 g/mol. The van der Waals surface area contributed by atoms with Crippen LogP contribution in [0.5, 0.6) is 0 Å². The fraction of sp³-hybridized carbons (Fsp3) is 0.250. The third-order valence-electron chi connectivity index (χ3n) is 3.16. The number of alkyl halides is 3. The van der Waals surface area contributed by atoms with Crippen molar-refractivity contribution in [3.63, 3.8) is 0 Å². The van der Waals surface area contributed by atoms with Crippen LogP contribution in [0.1, 0.15) is 28.9 Å². The van der Waals surface area contributed by atoms with Gasteiger partial charge in [0.2, 0.25) is 0 Å². The summed E-state index contributed by atoms with van der Waals surface area (Å²) in [5.74, 6) is -1.16. The fourth-order valence-electron chi connectivity index (χ4n) is 2.46. The molecule has 18 heavy (non-hydrogen) atoms. The molecule has 3 rings (SSSR count). The van der Waals surface area contributed by atoms with Crippen LogP contribution in [-0.4, -0.2) is 11.1 Å². The first kappa shape index (κ1) is 11.3. The molecule has 0 radical (unpaired) electrons. The Morgan fingerprint density at radius 1 is 1.33 bits per heavy atom. The van der Waals surface area contributed by atoms with Gasteiger partial charge in [0.1, 0.15) is 12.2 Å². The molecule has 2 heterocycles. The van der Waals surface area contributed by atoms with E-state index in [0.717, 1.165) is 6.07 Å². The zero-order valence-corrected chi connectivity index (χ0v) is 8.86. The first-order valence-corrected chi connectivity index (χ1v) is 5.20. The molecule has 6 heteroatoms. The quantitative estimate of drug-likeness (QED) is 0.840. The van der Waals surface area contributed by atoms with Crippen molar-refractivity contribution in [2.75, 3.05) is 0 Å². The Kier molecular flexibility index (Phi) is 2.10. The van der Waals surface area contributed by atoms with Gasteiger partial charge in [0.05, 0.1) is 11.1 Å². The molecule has 0 unspecified atom stereocenters. The van der Waals surface area contributed by atoms with Crippen molar-refractivity contribution in [3.05, 3.63) is 46.5 Å². The Labute approximate surface area is 99.5 Å². The molecule has 0 aromatic heterocycles. The van der Waals surface area contributed by atoms with Crippen molar-refractivity contribution in [3.8, 4) is 0 Å². The minimum absolute atomic E-state index is 0.00632. The van der Waals surface area contributed by atoms with Crippen LogP contribution in [0.3, 0.4) is 0 Å². The second kappa shape index (κ2) is 3.35. The van der Waals surface area contributed by atoms with Gasteiger partial charge in [-0.1, -0.05) is 12.1 Å². The van der Waals surface area contributed by atoms with Gasteiger partial charge in [-0.3, -0.25) is 0 Å². The van der Waals surface area contributed by atoms with E-state index in [2.05, 4.69) is 0 Å². The van der Waals surface area contributed by atoms with E-state index in [1.54, 1.807) is 0 Å². The summed E-state index contributed by atoms with van der Waals surface area (Å²) in [6.45, 7) is 0. The van der Waals surface area contributed by atoms with Gasteiger partial charge in [0.25, 0.3) is 0 Å². The molecule has 2 atom stereocenters. The fourth-order valence-corrected chi connectivity index (χ4v) is 2.46. The van der Waals surface area contributed by atoms with E-state index >= 15 is 0 Å². The van der Waals surface area contributed by atoms with Gasteiger partial charge in [-0.05, 0) is 17.7 Å². The second-order valence-corrected chi connectivity index (χ2v) is 4.17. The van der Waals surface area contributed by atoms with Gasteiger partial charge in [0.15, 0.2) is 0 Å². The van der Waals surface area contributed by atoms with Crippen molar-refractivity contribution in [2.24, 2.45) is 0 Å². The number of ether oxygens (including phenoxy) is 1. The molecule has 2 aliphatic heterocycles. The highest BCUT2D eigenvalue weighted by atomic mass is 19.4. The number of carboxylic acid groups (broad SMARTS) is 1. The summed E-state index contributed by atoms with van der Waals surface area (Å²) in [7, 11) is 0.